The third kappa shape index (κ3) is 2.80. The predicted octanol–water partition coefficient (Wildman–Crippen LogP) is 2.01. The van der Waals surface area contributed by atoms with Crippen LogP contribution in [0.25, 0.3) is 5.65 Å². The number of nitrogens with zero attached hydrogens (tertiary/aromatic N) is 3. The number of ether oxygens (including phenoxy) is 1. The molecule has 2 unspecified atom stereocenters. The third-order valence-corrected chi connectivity index (χ3v) is 4.10. The molecule has 19 heavy (non-hydrogen) atoms. The quantitative estimate of drug-likeness (QED) is 0.934. The molecule has 2 aromatic rings. The van der Waals surface area contributed by atoms with Crippen molar-refractivity contribution in [3.63, 3.8) is 0 Å². The molecule has 3 rings (SSSR count). The lowest BCUT2D eigenvalue weighted by Crippen LogP contribution is -2.27. The van der Waals surface area contributed by atoms with E-state index >= 15 is 0 Å². The number of fused-ring (bicyclic) bond motifs is 1. The number of halogens is 1. The van der Waals surface area contributed by atoms with E-state index in [0.717, 1.165) is 42.1 Å². The van der Waals surface area contributed by atoms with E-state index in [1.54, 1.807) is 6.20 Å². The van der Waals surface area contributed by atoms with E-state index in [4.69, 9.17) is 4.74 Å². The van der Waals surface area contributed by atoms with Crippen molar-refractivity contribution in [1.29, 1.82) is 0 Å². The minimum Gasteiger partial charge on any atom is -0.378 e. The molecule has 6 heteroatoms. The fraction of sp³-hybridized carbons (Fsp3) is 0.538. The Balaban J connectivity index is 1.63. The maximum absolute atomic E-state index is 5.57. The smallest absolute Gasteiger partial charge is 0.155 e. The van der Waals surface area contributed by atoms with Crippen molar-refractivity contribution >= 4 is 21.6 Å². The van der Waals surface area contributed by atoms with Crippen molar-refractivity contribution in [2.24, 2.45) is 5.92 Å². The summed E-state index contributed by atoms with van der Waals surface area (Å²) in [6.07, 6.45) is 7.12. The van der Waals surface area contributed by atoms with Crippen LogP contribution in [0.3, 0.4) is 0 Å². The molecule has 1 fully saturated rings. The van der Waals surface area contributed by atoms with Crippen LogP contribution in [0.5, 0.6) is 0 Å². The van der Waals surface area contributed by atoms with Gasteiger partial charge in [0.25, 0.3) is 0 Å². The van der Waals surface area contributed by atoms with Gasteiger partial charge in [0, 0.05) is 25.9 Å². The summed E-state index contributed by atoms with van der Waals surface area (Å²) < 4.78 is 8.44. The van der Waals surface area contributed by atoms with E-state index in [9.17, 15) is 0 Å². The Morgan fingerprint density at radius 1 is 1.47 bits per heavy atom. The molecule has 0 aliphatic carbocycles. The van der Waals surface area contributed by atoms with E-state index in [1.807, 2.05) is 12.4 Å². The number of imidazole rings is 1. The van der Waals surface area contributed by atoms with Crippen molar-refractivity contribution in [2.75, 3.05) is 13.2 Å². The van der Waals surface area contributed by atoms with Crippen LogP contribution in [0.4, 0.5) is 0 Å². The Morgan fingerprint density at radius 3 is 3.16 bits per heavy atom. The predicted molar refractivity (Wildman–Crippen MR) is 75.9 cm³/mol. The molecule has 1 aliphatic rings. The van der Waals surface area contributed by atoms with Gasteiger partial charge in [-0.3, -0.25) is 4.40 Å². The summed E-state index contributed by atoms with van der Waals surface area (Å²) in [6, 6.07) is 0. The molecule has 1 aliphatic heterocycles. The third-order valence-electron chi connectivity index (χ3n) is 3.69. The molecule has 2 atom stereocenters. The average molecular weight is 325 g/mol. The number of hydrogen-bond donors (Lipinski definition) is 1. The fourth-order valence-electron chi connectivity index (χ4n) is 2.48. The summed E-state index contributed by atoms with van der Waals surface area (Å²) in [5.74, 6) is 0.618. The maximum Gasteiger partial charge on any atom is 0.155 e. The monoisotopic (exact) mass is 324 g/mol. The summed E-state index contributed by atoms with van der Waals surface area (Å²) in [5.41, 5.74) is 2.02. The molecule has 102 valence electrons. The normalized spacial score (nSPS) is 23.3. The molecule has 0 bridgehead atoms. The molecular weight excluding hydrogens is 308 g/mol. The van der Waals surface area contributed by atoms with Gasteiger partial charge in [0.05, 0.1) is 24.2 Å². The summed E-state index contributed by atoms with van der Waals surface area (Å²) in [4.78, 5) is 8.51. The second-order valence-corrected chi connectivity index (χ2v) is 5.76. The molecule has 2 aromatic heterocycles. The van der Waals surface area contributed by atoms with Crippen LogP contribution in [0, 0.1) is 5.92 Å². The van der Waals surface area contributed by atoms with Gasteiger partial charge in [0.1, 0.15) is 4.60 Å². The van der Waals surface area contributed by atoms with E-state index < -0.39 is 0 Å². The van der Waals surface area contributed by atoms with Crippen molar-refractivity contribution in [2.45, 2.75) is 26.0 Å². The zero-order valence-corrected chi connectivity index (χ0v) is 12.4. The highest BCUT2D eigenvalue weighted by molar-refractivity contribution is 9.10. The van der Waals surface area contributed by atoms with Gasteiger partial charge in [0.15, 0.2) is 5.65 Å². The molecule has 3 heterocycles. The molecule has 1 saturated heterocycles. The van der Waals surface area contributed by atoms with Gasteiger partial charge in [-0.25, -0.2) is 9.97 Å². The highest BCUT2D eigenvalue weighted by atomic mass is 79.9. The van der Waals surface area contributed by atoms with Gasteiger partial charge < -0.3 is 10.1 Å². The molecular formula is C13H17BrN4O. The fourth-order valence-corrected chi connectivity index (χ4v) is 2.78. The van der Waals surface area contributed by atoms with Crippen molar-refractivity contribution < 1.29 is 4.74 Å². The number of hydrogen-bond acceptors (Lipinski definition) is 4. The van der Waals surface area contributed by atoms with Crippen LogP contribution < -0.4 is 5.32 Å². The van der Waals surface area contributed by atoms with Crippen LogP contribution in [0.2, 0.25) is 0 Å². The lowest BCUT2D eigenvalue weighted by atomic mass is 10.0. The Bertz CT molecular complexity index is 571. The first-order chi connectivity index (χ1) is 9.24. The van der Waals surface area contributed by atoms with Gasteiger partial charge in [-0.15, -0.1) is 0 Å². The van der Waals surface area contributed by atoms with Crippen LogP contribution >= 0.6 is 15.9 Å². The second kappa shape index (κ2) is 5.56. The molecule has 0 aromatic carbocycles. The lowest BCUT2D eigenvalue weighted by Gasteiger charge is -2.14. The Morgan fingerprint density at radius 2 is 2.37 bits per heavy atom. The second-order valence-electron chi connectivity index (χ2n) is 4.94. The molecule has 0 spiro atoms. The van der Waals surface area contributed by atoms with E-state index in [2.05, 4.69) is 42.5 Å². The Hall–Kier alpha value is -0.980. The minimum atomic E-state index is 0.369. The molecule has 5 nitrogen and oxygen atoms in total. The van der Waals surface area contributed by atoms with Crippen LogP contribution in [-0.2, 0) is 11.3 Å². The summed E-state index contributed by atoms with van der Waals surface area (Å²) >= 11 is 3.38. The molecule has 0 radical (unpaired) electrons. The molecule has 1 N–H and O–H groups in total. The van der Waals surface area contributed by atoms with Crippen molar-refractivity contribution in [1.82, 2.24) is 19.7 Å². The zero-order chi connectivity index (χ0) is 13.2. The average Bonchev–Trinajstić information content (AvgIpc) is 2.97. The minimum absolute atomic E-state index is 0.369. The van der Waals surface area contributed by atoms with Gasteiger partial charge >= 0.3 is 0 Å². The van der Waals surface area contributed by atoms with Crippen LogP contribution in [0.1, 0.15) is 19.0 Å². The summed E-state index contributed by atoms with van der Waals surface area (Å²) in [7, 11) is 0. The largest absolute Gasteiger partial charge is 0.378 e. The van der Waals surface area contributed by atoms with E-state index in [0.29, 0.717) is 12.0 Å². The summed E-state index contributed by atoms with van der Waals surface area (Å²) in [5, 5.41) is 3.50. The van der Waals surface area contributed by atoms with Crippen LogP contribution in [0.15, 0.2) is 23.2 Å². The van der Waals surface area contributed by atoms with Gasteiger partial charge in [-0.2, -0.15) is 0 Å². The highest BCUT2D eigenvalue weighted by Crippen LogP contribution is 2.19. The van der Waals surface area contributed by atoms with Gasteiger partial charge in [-0.1, -0.05) is 0 Å². The van der Waals surface area contributed by atoms with E-state index in [-0.39, 0.29) is 0 Å². The van der Waals surface area contributed by atoms with Crippen molar-refractivity contribution in [3.05, 3.63) is 28.9 Å². The first-order valence-electron chi connectivity index (χ1n) is 6.54. The lowest BCUT2D eigenvalue weighted by molar-refractivity contribution is 0.105. The SMILES string of the molecule is CC1OCCC1CNCc1cnc2cnc(Br)cn12. The first-order valence-corrected chi connectivity index (χ1v) is 7.33. The highest BCUT2D eigenvalue weighted by Gasteiger charge is 2.23. The zero-order valence-electron chi connectivity index (χ0n) is 10.8. The Labute approximate surface area is 120 Å². The maximum atomic E-state index is 5.57. The Kier molecular flexibility index (Phi) is 3.81. The van der Waals surface area contributed by atoms with Crippen LogP contribution in [-0.4, -0.2) is 33.6 Å². The number of rotatable bonds is 4. The standard InChI is InChI=1S/C13H17BrN4O/c1-9-10(2-3-19-9)4-15-5-11-6-17-13-7-16-12(14)8-18(11)13/h6-10,15H,2-5H2,1H3. The first kappa shape index (κ1) is 13.0. The number of nitrogens with one attached hydrogen (secondary N) is 1. The molecule has 0 amide bonds. The number of aromatic nitrogens is 3. The van der Waals surface area contributed by atoms with E-state index in [1.165, 1.54) is 0 Å². The molecule has 0 saturated carbocycles. The topological polar surface area (TPSA) is 51.5 Å². The van der Waals surface area contributed by atoms with Gasteiger partial charge in [0.2, 0.25) is 0 Å². The summed E-state index contributed by atoms with van der Waals surface area (Å²) in [6.45, 7) is 4.83. The van der Waals surface area contributed by atoms with Crippen molar-refractivity contribution in [3.8, 4) is 0 Å². The van der Waals surface area contributed by atoms with Gasteiger partial charge in [-0.05, 0) is 35.2 Å².